The van der Waals surface area contributed by atoms with Crippen molar-refractivity contribution in [2.24, 2.45) is 0 Å². The van der Waals surface area contributed by atoms with Gasteiger partial charge in [0.1, 0.15) is 0 Å². The number of aldehydes is 1. The second-order valence-electron chi connectivity index (χ2n) is 3.66. The maximum atomic E-state index is 11.0. The van der Waals surface area contributed by atoms with Crippen LogP contribution in [-0.4, -0.2) is 28.6 Å². The molecule has 0 radical (unpaired) electrons. The van der Waals surface area contributed by atoms with Gasteiger partial charge in [-0.05, 0) is 13.0 Å². The number of aromatic nitrogens is 3. The summed E-state index contributed by atoms with van der Waals surface area (Å²) in [7, 11) is 1.62. The molecule has 0 aromatic carbocycles. The predicted molar refractivity (Wildman–Crippen MR) is 62.7 cm³/mol. The molecular weight excluding hydrogens is 218 g/mol. The maximum absolute atomic E-state index is 11.0. The van der Waals surface area contributed by atoms with E-state index in [9.17, 15) is 4.79 Å². The zero-order valence-corrected chi connectivity index (χ0v) is 9.73. The molecule has 0 bridgehead atoms. The highest BCUT2D eigenvalue weighted by Gasteiger charge is 2.15. The van der Waals surface area contributed by atoms with Gasteiger partial charge in [0, 0.05) is 18.9 Å². The Bertz CT molecular complexity index is 534. The lowest BCUT2D eigenvalue weighted by atomic mass is 10.1. The van der Waals surface area contributed by atoms with Gasteiger partial charge in [0.05, 0.1) is 29.3 Å². The van der Waals surface area contributed by atoms with Crippen molar-refractivity contribution in [3.05, 3.63) is 35.2 Å². The van der Waals surface area contributed by atoms with Crippen LogP contribution in [0.1, 0.15) is 21.6 Å². The summed E-state index contributed by atoms with van der Waals surface area (Å²) in [6.45, 7) is 2.22. The first-order valence-electron chi connectivity index (χ1n) is 5.21. The molecule has 0 aliphatic heterocycles. The normalized spacial score (nSPS) is 10.5. The molecule has 1 N–H and O–H groups in total. The number of methoxy groups -OCH3 is 1. The number of ether oxygens (including phenoxy) is 1. The SMILES string of the molecule is COCc1cccnc1-c1[nH]nc(C)c1C=O. The second-order valence-corrected chi connectivity index (χ2v) is 3.66. The van der Waals surface area contributed by atoms with E-state index in [1.807, 2.05) is 12.1 Å². The average Bonchev–Trinajstić information content (AvgIpc) is 2.71. The van der Waals surface area contributed by atoms with Crippen LogP contribution in [0.15, 0.2) is 18.3 Å². The minimum atomic E-state index is 0.444. The molecule has 0 spiro atoms. The van der Waals surface area contributed by atoms with E-state index < -0.39 is 0 Å². The summed E-state index contributed by atoms with van der Waals surface area (Å²) in [6.07, 6.45) is 2.47. The minimum absolute atomic E-state index is 0.444. The number of nitrogens with one attached hydrogen (secondary N) is 1. The van der Waals surface area contributed by atoms with Gasteiger partial charge >= 0.3 is 0 Å². The molecule has 0 unspecified atom stereocenters. The van der Waals surface area contributed by atoms with Crippen LogP contribution in [0.4, 0.5) is 0 Å². The van der Waals surface area contributed by atoms with Crippen molar-refractivity contribution in [2.45, 2.75) is 13.5 Å². The van der Waals surface area contributed by atoms with E-state index in [1.165, 1.54) is 0 Å². The van der Waals surface area contributed by atoms with E-state index in [4.69, 9.17) is 4.74 Å². The lowest BCUT2D eigenvalue weighted by molar-refractivity contribution is 0.112. The number of hydrogen-bond donors (Lipinski definition) is 1. The minimum Gasteiger partial charge on any atom is -0.380 e. The Balaban J connectivity index is 2.55. The van der Waals surface area contributed by atoms with E-state index in [2.05, 4.69) is 15.2 Å². The van der Waals surface area contributed by atoms with Gasteiger partial charge in [-0.1, -0.05) is 6.07 Å². The highest BCUT2D eigenvalue weighted by atomic mass is 16.5. The number of aromatic amines is 1. The monoisotopic (exact) mass is 231 g/mol. The van der Waals surface area contributed by atoms with Crippen molar-refractivity contribution in [3.8, 4) is 11.4 Å². The summed E-state index contributed by atoms with van der Waals surface area (Å²) >= 11 is 0. The molecule has 2 aromatic rings. The molecule has 0 amide bonds. The van der Waals surface area contributed by atoms with E-state index >= 15 is 0 Å². The molecule has 2 rings (SSSR count). The molecule has 5 heteroatoms. The van der Waals surface area contributed by atoms with Gasteiger partial charge in [0.2, 0.25) is 0 Å². The molecule has 88 valence electrons. The van der Waals surface area contributed by atoms with Gasteiger partial charge in [0.15, 0.2) is 6.29 Å². The number of carbonyl (C=O) groups excluding carboxylic acids is 1. The number of carbonyl (C=O) groups is 1. The van der Waals surface area contributed by atoms with E-state index in [-0.39, 0.29) is 0 Å². The lowest BCUT2D eigenvalue weighted by Crippen LogP contribution is -1.97. The van der Waals surface area contributed by atoms with Gasteiger partial charge in [-0.2, -0.15) is 5.10 Å². The van der Waals surface area contributed by atoms with Crippen molar-refractivity contribution < 1.29 is 9.53 Å². The summed E-state index contributed by atoms with van der Waals surface area (Å²) in [4.78, 5) is 15.3. The molecule has 5 nitrogen and oxygen atoms in total. The number of nitrogens with zero attached hydrogens (tertiary/aromatic N) is 2. The van der Waals surface area contributed by atoms with Gasteiger partial charge in [-0.3, -0.25) is 14.9 Å². The number of rotatable bonds is 4. The highest BCUT2D eigenvalue weighted by molar-refractivity contribution is 5.86. The van der Waals surface area contributed by atoms with Crippen LogP contribution >= 0.6 is 0 Å². The van der Waals surface area contributed by atoms with Crippen LogP contribution in [0.2, 0.25) is 0 Å². The van der Waals surface area contributed by atoms with Crippen LogP contribution < -0.4 is 0 Å². The van der Waals surface area contributed by atoms with Crippen molar-refractivity contribution in [1.82, 2.24) is 15.2 Å². The first-order chi connectivity index (χ1) is 8.27. The van der Waals surface area contributed by atoms with E-state index in [0.717, 1.165) is 11.8 Å². The second kappa shape index (κ2) is 4.88. The fourth-order valence-electron chi connectivity index (χ4n) is 1.70. The Kier molecular flexibility index (Phi) is 3.30. The van der Waals surface area contributed by atoms with Crippen molar-refractivity contribution in [2.75, 3.05) is 7.11 Å². The number of hydrogen-bond acceptors (Lipinski definition) is 4. The van der Waals surface area contributed by atoms with Gasteiger partial charge < -0.3 is 4.74 Å². The largest absolute Gasteiger partial charge is 0.380 e. The van der Waals surface area contributed by atoms with Crippen molar-refractivity contribution >= 4 is 6.29 Å². The van der Waals surface area contributed by atoms with Crippen LogP contribution in [0.5, 0.6) is 0 Å². The van der Waals surface area contributed by atoms with Gasteiger partial charge in [0.25, 0.3) is 0 Å². The third-order valence-electron chi connectivity index (χ3n) is 2.54. The smallest absolute Gasteiger partial charge is 0.154 e. The molecule has 0 atom stereocenters. The van der Waals surface area contributed by atoms with Crippen LogP contribution in [0.25, 0.3) is 11.4 Å². The quantitative estimate of drug-likeness (QED) is 0.814. The van der Waals surface area contributed by atoms with Crippen molar-refractivity contribution in [1.29, 1.82) is 0 Å². The molecule has 17 heavy (non-hydrogen) atoms. The third kappa shape index (κ3) is 2.09. The molecule has 0 saturated heterocycles. The predicted octanol–water partition coefficient (Wildman–Crippen LogP) is 1.74. The Labute approximate surface area is 98.8 Å². The third-order valence-corrected chi connectivity index (χ3v) is 2.54. The standard InChI is InChI=1S/C12H13N3O2/c1-8-10(6-16)12(15-14-8)11-9(7-17-2)4-3-5-13-11/h3-6H,7H2,1-2H3,(H,14,15). The first-order valence-corrected chi connectivity index (χ1v) is 5.21. The average molecular weight is 231 g/mol. The van der Waals surface area contributed by atoms with Crippen LogP contribution in [0, 0.1) is 6.92 Å². The molecular formula is C12H13N3O2. The topological polar surface area (TPSA) is 67.9 Å². The fourth-order valence-corrected chi connectivity index (χ4v) is 1.70. The summed E-state index contributed by atoms with van der Waals surface area (Å²) in [5.41, 5.74) is 3.48. The molecule has 0 aliphatic rings. The number of pyridine rings is 1. The molecule has 2 aromatic heterocycles. The van der Waals surface area contributed by atoms with Crippen LogP contribution in [0.3, 0.4) is 0 Å². The Morgan fingerprint density at radius 1 is 1.53 bits per heavy atom. The lowest BCUT2D eigenvalue weighted by Gasteiger charge is -2.06. The Morgan fingerprint density at radius 3 is 3.06 bits per heavy atom. The number of aryl methyl sites for hydroxylation is 1. The van der Waals surface area contributed by atoms with E-state index in [1.54, 1.807) is 20.2 Å². The van der Waals surface area contributed by atoms with Crippen molar-refractivity contribution in [3.63, 3.8) is 0 Å². The zero-order valence-electron chi connectivity index (χ0n) is 9.73. The Morgan fingerprint density at radius 2 is 2.35 bits per heavy atom. The zero-order chi connectivity index (χ0) is 12.3. The molecule has 0 aliphatic carbocycles. The summed E-state index contributed by atoms with van der Waals surface area (Å²) in [6, 6.07) is 3.75. The number of H-pyrrole nitrogens is 1. The fraction of sp³-hybridized carbons (Fsp3) is 0.250. The summed E-state index contributed by atoms with van der Waals surface area (Å²) in [5.74, 6) is 0. The van der Waals surface area contributed by atoms with Crippen LogP contribution in [-0.2, 0) is 11.3 Å². The molecule has 0 fully saturated rings. The first kappa shape index (κ1) is 11.5. The van der Waals surface area contributed by atoms with Gasteiger partial charge in [-0.25, -0.2) is 0 Å². The maximum Gasteiger partial charge on any atom is 0.154 e. The molecule has 2 heterocycles. The Hall–Kier alpha value is -2.01. The molecule has 0 saturated carbocycles. The summed E-state index contributed by atoms with van der Waals surface area (Å²) < 4.78 is 5.11. The van der Waals surface area contributed by atoms with Gasteiger partial charge in [-0.15, -0.1) is 0 Å². The highest BCUT2D eigenvalue weighted by Crippen LogP contribution is 2.23. The summed E-state index contributed by atoms with van der Waals surface area (Å²) in [5, 5.41) is 6.87. The van der Waals surface area contributed by atoms with E-state index in [0.29, 0.717) is 29.3 Å².